The van der Waals surface area contributed by atoms with E-state index in [-0.39, 0.29) is 12.7 Å². The summed E-state index contributed by atoms with van der Waals surface area (Å²) in [7, 11) is 3.12. The number of hydrogen-bond acceptors (Lipinski definition) is 8. The maximum atomic E-state index is 9.42. The fourth-order valence-corrected chi connectivity index (χ4v) is 2.67. The van der Waals surface area contributed by atoms with Gasteiger partial charge in [-0.3, -0.25) is 4.57 Å². The lowest BCUT2D eigenvalue weighted by molar-refractivity contribution is -0.0583. The van der Waals surface area contributed by atoms with E-state index in [4.69, 9.17) is 19.9 Å². The molecule has 0 bridgehead atoms. The molecule has 1 aliphatic heterocycles. The van der Waals surface area contributed by atoms with Crippen LogP contribution in [0.25, 0.3) is 11.2 Å². The molecule has 0 amide bonds. The Bertz CT molecular complexity index is 633. The van der Waals surface area contributed by atoms with Crippen LogP contribution >= 0.6 is 0 Å². The van der Waals surface area contributed by atoms with Crippen LogP contribution in [-0.4, -0.2) is 63.8 Å². The van der Waals surface area contributed by atoms with E-state index >= 15 is 0 Å². The molecular weight excluding hydrogens is 278 g/mol. The van der Waals surface area contributed by atoms with Gasteiger partial charge in [0, 0.05) is 14.2 Å². The number of methoxy groups -OCH3 is 2. The van der Waals surface area contributed by atoms with Crippen LogP contribution in [0.15, 0.2) is 12.7 Å². The lowest BCUT2D eigenvalue weighted by Crippen LogP contribution is -2.36. The summed E-state index contributed by atoms with van der Waals surface area (Å²) in [5.41, 5.74) is 6.82. The summed E-state index contributed by atoms with van der Waals surface area (Å²) in [5.74, 6) is 0.299. The quantitative estimate of drug-likeness (QED) is 0.762. The second-order valence-corrected chi connectivity index (χ2v) is 4.73. The van der Waals surface area contributed by atoms with Gasteiger partial charge in [-0.2, -0.15) is 0 Å². The molecule has 1 aliphatic rings. The van der Waals surface area contributed by atoms with Crippen LogP contribution in [0.1, 0.15) is 6.23 Å². The van der Waals surface area contributed by atoms with Crippen molar-refractivity contribution < 1.29 is 19.3 Å². The Morgan fingerprint density at radius 1 is 1.29 bits per heavy atom. The standard InChI is InChI=1S/C12H17N5O4/c1-19-8-6(3-18)21-12(9(8)20-2)17-5-16-7-10(13)14-4-15-11(7)17/h4-6,8-9,12,18H,3H2,1-2H3,(H2,13,14,15)/t6-,8-,9+,12-/m1/s1. The zero-order chi connectivity index (χ0) is 15.0. The van der Waals surface area contributed by atoms with Crippen molar-refractivity contribution in [1.29, 1.82) is 0 Å². The van der Waals surface area contributed by atoms with Crippen molar-refractivity contribution in [2.24, 2.45) is 0 Å². The molecule has 0 saturated carbocycles. The first-order valence-corrected chi connectivity index (χ1v) is 6.46. The van der Waals surface area contributed by atoms with Crippen LogP contribution in [0.3, 0.4) is 0 Å². The summed E-state index contributed by atoms with van der Waals surface area (Å²) in [5, 5.41) is 9.42. The third kappa shape index (κ3) is 2.14. The molecule has 0 aromatic carbocycles. The second kappa shape index (κ2) is 5.53. The van der Waals surface area contributed by atoms with E-state index in [1.807, 2.05) is 0 Å². The minimum atomic E-state index is -0.517. The molecule has 0 radical (unpaired) electrons. The average molecular weight is 295 g/mol. The predicted molar refractivity (Wildman–Crippen MR) is 72.3 cm³/mol. The summed E-state index contributed by atoms with van der Waals surface area (Å²) in [6.07, 6.45) is 1.14. The number of fused-ring (bicyclic) bond motifs is 1. The molecule has 114 valence electrons. The number of ether oxygens (including phenoxy) is 3. The highest BCUT2D eigenvalue weighted by Gasteiger charge is 2.46. The lowest BCUT2D eigenvalue weighted by Gasteiger charge is -2.21. The Morgan fingerprint density at radius 3 is 2.71 bits per heavy atom. The number of imidazole rings is 1. The van der Waals surface area contributed by atoms with Gasteiger partial charge in [0.25, 0.3) is 0 Å². The molecule has 1 fully saturated rings. The van der Waals surface area contributed by atoms with E-state index in [9.17, 15) is 5.11 Å². The minimum Gasteiger partial charge on any atom is -0.394 e. The highest BCUT2D eigenvalue weighted by Crippen LogP contribution is 2.34. The number of aliphatic hydroxyl groups excluding tert-OH is 1. The third-order valence-electron chi connectivity index (χ3n) is 3.67. The van der Waals surface area contributed by atoms with Crippen molar-refractivity contribution in [3.05, 3.63) is 12.7 Å². The second-order valence-electron chi connectivity index (χ2n) is 4.73. The lowest BCUT2D eigenvalue weighted by atomic mass is 10.1. The van der Waals surface area contributed by atoms with Gasteiger partial charge in [-0.05, 0) is 0 Å². The minimum absolute atomic E-state index is 0.168. The van der Waals surface area contributed by atoms with Gasteiger partial charge in [-0.1, -0.05) is 0 Å². The van der Waals surface area contributed by atoms with E-state index in [2.05, 4.69) is 15.0 Å². The number of nitrogen functional groups attached to an aromatic ring is 1. The van der Waals surface area contributed by atoms with E-state index in [0.29, 0.717) is 17.0 Å². The van der Waals surface area contributed by atoms with Crippen molar-refractivity contribution in [3.8, 4) is 0 Å². The molecule has 3 N–H and O–H groups in total. The van der Waals surface area contributed by atoms with Crippen LogP contribution < -0.4 is 5.73 Å². The predicted octanol–water partition coefficient (Wildman–Crippen LogP) is -0.672. The molecule has 0 spiro atoms. The molecular formula is C12H17N5O4. The maximum Gasteiger partial charge on any atom is 0.167 e. The smallest absolute Gasteiger partial charge is 0.167 e. The van der Waals surface area contributed by atoms with Crippen LogP contribution in [0, 0.1) is 0 Å². The SMILES string of the molecule is CO[C@H]1[C@H](OC)[C@@H](CO)O[C@H]1n1cnc2c(N)ncnc21. The summed E-state index contributed by atoms with van der Waals surface area (Å²) in [6.45, 7) is -0.168. The highest BCUT2D eigenvalue weighted by atomic mass is 16.6. The summed E-state index contributed by atoms with van der Waals surface area (Å²) < 4.78 is 18.4. The zero-order valence-electron chi connectivity index (χ0n) is 11.7. The van der Waals surface area contributed by atoms with E-state index < -0.39 is 18.4 Å². The maximum absolute atomic E-state index is 9.42. The largest absolute Gasteiger partial charge is 0.394 e. The molecule has 2 aromatic heterocycles. The Kier molecular flexibility index (Phi) is 3.72. The van der Waals surface area contributed by atoms with E-state index in [0.717, 1.165) is 0 Å². The van der Waals surface area contributed by atoms with Gasteiger partial charge >= 0.3 is 0 Å². The molecule has 9 nitrogen and oxygen atoms in total. The van der Waals surface area contributed by atoms with Gasteiger partial charge in [0.1, 0.15) is 30.2 Å². The summed E-state index contributed by atoms with van der Waals surface area (Å²) >= 11 is 0. The number of anilines is 1. The molecule has 0 unspecified atom stereocenters. The number of rotatable bonds is 4. The molecule has 2 aromatic rings. The first-order valence-electron chi connectivity index (χ1n) is 6.46. The Hall–Kier alpha value is -1.81. The Morgan fingerprint density at radius 2 is 2.05 bits per heavy atom. The first kappa shape index (κ1) is 14.1. The first-order chi connectivity index (χ1) is 10.2. The molecule has 4 atom stereocenters. The van der Waals surface area contributed by atoms with Gasteiger partial charge in [-0.15, -0.1) is 0 Å². The summed E-state index contributed by atoms with van der Waals surface area (Å²) in [6, 6.07) is 0. The average Bonchev–Trinajstić information content (AvgIpc) is 3.07. The molecule has 9 heteroatoms. The number of aliphatic hydroxyl groups is 1. The third-order valence-corrected chi connectivity index (χ3v) is 3.67. The van der Waals surface area contributed by atoms with Crippen LogP contribution in [0.5, 0.6) is 0 Å². The Balaban J connectivity index is 2.03. The van der Waals surface area contributed by atoms with Crippen molar-refractivity contribution in [1.82, 2.24) is 19.5 Å². The van der Waals surface area contributed by atoms with Crippen molar-refractivity contribution in [2.45, 2.75) is 24.5 Å². The topological polar surface area (TPSA) is 118 Å². The highest BCUT2D eigenvalue weighted by molar-refractivity contribution is 5.81. The molecule has 0 aliphatic carbocycles. The monoisotopic (exact) mass is 295 g/mol. The van der Waals surface area contributed by atoms with Gasteiger partial charge in [-0.25, -0.2) is 15.0 Å². The van der Waals surface area contributed by atoms with Gasteiger partial charge < -0.3 is 25.1 Å². The fraction of sp³-hybridized carbons (Fsp3) is 0.583. The zero-order valence-corrected chi connectivity index (χ0v) is 11.7. The molecule has 21 heavy (non-hydrogen) atoms. The number of hydrogen-bond donors (Lipinski definition) is 2. The van der Waals surface area contributed by atoms with Crippen LogP contribution in [-0.2, 0) is 14.2 Å². The normalized spacial score (nSPS) is 29.3. The van der Waals surface area contributed by atoms with Crippen molar-refractivity contribution in [3.63, 3.8) is 0 Å². The molecule has 3 heterocycles. The van der Waals surface area contributed by atoms with Crippen LogP contribution in [0.4, 0.5) is 5.82 Å². The van der Waals surface area contributed by atoms with Crippen molar-refractivity contribution >= 4 is 17.0 Å². The van der Waals surface area contributed by atoms with E-state index in [1.54, 1.807) is 25.1 Å². The molecule has 3 rings (SSSR count). The van der Waals surface area contributed by atoms with Gasteiger partial charge in [0.15, 0.2) is 17.7 Å². The number of nitrogens with two attached hydrogens (primary N) is 1. The molecule has 1 saturated heterocycles. The summed E-state index contributed by atoms with van der Waals surface area (Å²) in [4.78, 5) is 12.3. The number of aromatic nitrogens is 4. The number of nitrogens with zero attached hydrogens (tertiary/aromatic N) is 4. The van der Waals surface area contributed by atoms with Crippen LogP contribution in [0.2, 0.25) is 0 Å². The van der Waals surface area contributed by atoms with E-state index in [1.165, 1.54) is 6.33 Å². The van der Waals surface area contributed by atoms with Gasteiger partial charge in [0.2, 0.25) is 0 Å². The fourth-order valence-electron chi connectivity index (χ4n) is 2.67. The Labute approximate surface area is 120 Å². The van der Waals surface area contributed by atoms with Crippen molar-refractivity contribution in [2.75, 3.05) is 26.6 Å². The van der Waals surface area contributed by atoms with Gasteiger partial charge in [0.05, 0.1) is 12.9 Å².